The summed E-state index contributed by atoms with van der Waals surface area (Å²) in [6.45, 7) is 13.6. The van der Waals surface area contributed by atoms with E-state index < -0.39 is 10.0 Å². The fraction of sp³-hybridized carbons (Fsp3) is 0.529. The van der Waals surface area contributed by atoms with Crippen molar-refractivity contribution < 1.29 is 8.42 Å². The average molecular weight is 307 g/mol. The Bertz CT molecular complexity index is 624. The lowest BCUT2D eigenvalue weighted by molar-refractivity contribution is 0.200. The Balaban J connectivity index is 2.29. The number of benzene rings is 1. The third-order valence-corrected chi connectivity index (χ3v) is 6.14. The number of rotatable bonds is 2. The lowest BCUT2D eigenvalue weighted by Gasteiger charge is -2.40. The molecule has 2 rings (SSSR count). The monoisotopic (exact) mass is 307 g/mol. The van der Waals surface area contributed by atoms with Crippen molar-refractivity contribution in [3.8, 4) is 0 Å². The Morgan fingerprint density at radius 1 is 1.19 bits per heavy atom. The summed E-state index contributed by atoms with van der Waals surface area (Å²) in [6, 6.07) is 7.08. The van der Waals surface area contributed by atoms with E-state index in [-0.39, 0.29) is 11.3 Å². The van der Waals surface area contributed by atoms with Gasteiger partial charge in [-0.2, -0.15) is 4.31 Å². The molecule has 0 bridgehead atoms. The standard InChI is InChI=1S/C17H25NO2S/c1-13-6-8-15(9-7-13)21(19,20)18-11-10-14(2)16(12-18)17(3,4)5/h6-9,16H,2,10-12H2,1,3-5H3. The molecular formula is C17H25NO2S. The van der Waals surface area contributed by atoms with Crippen LogP contribution in [0.2, 0.25) is 0 Å². The number of hydrogen-bond acceptors (Lipinski definition) is 2. The van der Waals surface area contributed by atoms with Crippen molar-refractivity contribution in [3.05, 3.63) is 42.0 Å². The minimum Gasteiger partial charge on any atom is -0.207 e. The van der Waals surface area contributed by atoms with Crippen LogP contribution in [0, 0.1) is 18.3 Å². The molecule has 0 amide bonds. The molecule has 116 valence electrons. The molecule has 0 aliphatic carbocycles. The van der Waals surface area contributed by atoms with Gasteiger partial charge >= 0.3 is 0 Å². The van der Waals surface area contributed by atoms with Crippen molar-refractivity contribution in [1.82, 2.24) is 4.31 Å². The Morgan fingerprint density at radius 3 is 2.29 bits per heavy atom. The molecule has 1 aliphatic heterocycles. The second-order valence-corrected chi connectivity index (χ2v) is 8.94. The topological polar surface area (TPSA) is 37.4 Å². The van der Waals surface area contributed by atoms with Gasteiger partial charge < -0.3 is 0 Å². The molecule has 0 spiro atoms. The predicted octanol–water partition coefficient (Wildman–Crippen LogP) is 3.61. The smallest absolute Gasteiger partial charge is 0.207 e. The largest absolute Gasteiger partial charge is 0.243 e. The molecule has 0 radical (unpaired) electrons. The maximum atomic E-state index is 12.8. The van der Waals surface area contributed by atoms with E-state index in [0.717, 1.165) is 17.6 Å². The second kappa shape index (κ2) is 5.58. The summed E-state index contributed by atoms with van der Waals surface area (Å²) in [7, 11) is -3.40. The van der Waals surface area contributed by atoms with E-state index in [9.17, 15) is 8.42 Å². The summed E-state index contributed by atoms with van der Waals surface area (Å²) < 4.78 is 27.2. The Kier molecular flexibility index (Phi) is 4.31. The highest BCUT2D eigenvalue weighted by atomic mass is 32.2. The Morgan fingerprint density at radius 2 is 1.76 bits per heavy atom. The molecule has 1 fully saturated rings. The quantitative estimate of drug-likeness (QED) is 0.783. The van der Waals surface area contributed by atoms with Crippen LogP contribution in [0.4, 0.5) is 0 Å². The highest BCUT2D eigenvalue weighted by Crippen LogP contribution is 2.37. The lowest BCUT2D eigenvalue weighted by Crippen LogP contribution is -2.44. The fourth-order valence-electron chi connectivity index (χ4n) is 2.83. The molecule has 1 saturated heterocycles. The van der Waals surface area contributed by atoms with Crippen LogP contribution in [0.25, 0.3) is 0 Å². The third kappa shape index (κ3) is 3.38. The van der Waals surface area contributed by atoms with E-state index >= 15 is 0 Å². The van der Waals surface area contributed by atoms with Gasteiger partial charge in [-0.1, -0.05) is 50.6 Å². The van der Waals surface area contributed by atoms with Crippen LogP contribution in [0.1, 0.15) is 32.8 Å². The number of piperidine rings is 1. The first-order chi connectivity index (χ1) is 9.62. The van der Waals surface area contributed by atoms with Gasteiger partial charge in [0.05, 0.1) is 4.90 Å². The summed E-state index contributed by atoms with van der Waals surface area (Å²) >= 11 is 0. The molecule has 1 aromatic rings. The van der Waals surface area contributed by atoms with Crippen molar-refractivity contribution >= 4 is 10.0 Å². The van der Waals surface area contributed by atoms with Crippen molar-refractivity contribution in [2.75, 3.05) is 13.1 Å². The van der Waals surface area contributed by atoms with Gasteiger partial charge in [-0.05, 0) is 36.8 Å². The number of hydrogen-bond donors (Lipinski definition) is 0. The molecule has 21 heavy (non-hydrogen) atoms. The fourth-order valence-corrected chi connectivity index (χ4v) is 4.29. The molecule has 1 aromatic carbocycles. The molecular weight excluding hydrogens is 282 g/mol. The molecule has 1 atom stereocenters. The number of nitrogens with zero attached hydrogens (tertiary/aromatic N) is 1. The Labute approximate surface area is 128 Å². The van der Waals surface area contributed by atoms with Crippen LogP contribution in [-0.2, 0) is 10.0 Å². The molecule has 0 aromatic heterocycles. The van der Waals surface area contributed by atoms with Gasteiger partial charge in [0.2, 0.25) is 10.0 Å². The van der Waals surface area contributed by atoms with E-state index in [1.165, 1.54) is 0 Å². The van der Waals surface area contributed by atoms with Gasteiger partial charge in [-0.15, -0.1) is 0 Å². The summed E-state index contributed by atoms with van der Waals surface area (Å²) in [5.74, 6) is 0.200. The zero-order valence-electron chi connectivity index (χ0n) is 13.4. The molecule has 0 N–H and O–H groups in total. The maximum absolute atomic E-state index is 12.8. The van der Waals surface area contributed by atoms with E-state index in [1.807, 2.05) is 19.1 Å². The van der Waals surface area contributed by atoms with Crippen molar-refractivity contribution in [2.24, 2.45) is 11.3 Å². The van der Waals surface area contributed by atoms with Gasteiger partial charge in [0.1, 0.15) is 0 Å². The van der Waals surface area contributed by atoms with Gasteiger partial charge in [0.25, 0.3) is 0 Å². The summed E-state index contributed by atoms with van der Waals surface area (Å²) in [5.41, 5.74) is 2.25. The van der Waals surface area contributed by atoms with Crippen LogP contribution >= 0.6 is 0 Å². The predicted molar refractivity (Wildman–Crippen MR) is 86.6 cm³/mol. The minimum atomic E-state index is -3.40. The summed E-state index contributed by atoms with van der Waals surface area (Å²) in [4.78, 5) is 0.383. The first-order valence-corrected chi connectivity index (χ1v) is 8.81. The molecule has 0 saturated carbocycles. The van der Waals surface area contributed by atoms with Gasteiger partial charge in [0, 0.05) is 13.1 Å². The molecule has 3 nitrogen and oxygen atoms in total. The van der Waals surface area contributed by atoms with E-state index in [2.05, 4.69) is 27.4 Å². The minimum absolute atomic E-state index is 0.0263. The highest BCUT2D eigenvalue weighted by Gasteiger charge is 2.37. The van der Waals surface area contributed by atoms with E-state index in [4.69, 9.17) is 0 Å². The summed E-state index contributed by atoms with van der Waals surface area (Å²) in [5, 5.41) is 0. The van der Waals surface area contributed by atoms with Crippen LogP contribution in [0.5, 0.6) is 0 Å². The maximum Gasteiger partial charge on any atom is 0.243 e. The van der Waals surface area contributed by atoms with Crippen LogP contribution < -0.4 is 0 Å². The lowest BCUT2D eigenvalue weighted by atomic mass is 9.74. The van der Waals surface area contributed by atoms with Crippen molar-refractivity contribution in [2.45, 2.75) is 39.0 Å². The Hall–Kier alpha value is -1.13. The summed E-state index contributed by atoms with van der Waals surface area (Å²) in [6.07, 6.45) is 0.743. The average Bonchev–Trinajstić information content (AvgIpc) is 2.38. The first kappa shape index (κ1) is 16.2. The van der Waals surface area contributed by atoms with Crippen molar-refractivity contribution in [3.63, 3.8) is 0 Å². The molecule has 1 aliphatic rings. The zero-order valence-corrected chi connectivity index (χ0v) is 14.2. The van der Waals surface area contributed by atoms with Crippen LogP contribution in [-0.4, -0.2) is 25.8 Å². The molecule has 4 heteroatoms. The van der Waals surface area contributed by atoms with E-state index in [1.54, 1.807) is 16.4 Å². The zero-order chi connectivity index (χ0) is 15.8. The SMILES string of the molecule is C=C1CCN(S(=O)(=O)c2ccc(C)cc2)CC1C(C)(C)C. The van der Waals surface area contributed by atoms with Crippen molar-refractivity contribution in [1.29, 1.82) is 0 Å². The third-order valence-electron chi connectivity index (χ3n) is 4.27. The van der Waals surface area contributed by atoms with Crippen LogP contribution in [0.3, 0.4) is 0 Å². The number of aryl methyl sites for hydroxylation is 1. The van der Waals surface area contributed by atoms with Gasteiger partial charge in [-0.3, -0.25) is 0 Å². The van der Waals surface area contributed by atoms with Gasteiger partial charge in [0.15, 0.2) is 0 Å². The molecule has 1 heterocycles. The first-order valence-electron chi connectivity index (χ1n) is 7.37. The number of sulfonamides is 1. The van der Waals surface area contributed by atoms with Crippen LogP contribution in [0.15, 0.2) is 41.3 Å². The van der Waals surface area contributed by atoms with Gasteiger partial charge in [-0.25, -0.2) is 8.42 Å². The molecule has 1 unspecified atom stereocenters. The highest BCUT2D eigenvalue weighted by molar-refractivity contribution is 7.89. The van der Waals surface area contributed by atoms with E-state index in [0.29, 0.717) is 18.0 Å². The normalized spacial score (nSPS) is 21.5. The second-order valence-electron chi connectivity index (χ2n) is 7.00.